The zero-order valence-electron chi connectivity index (χ0n) is 10.7. The van der Waals surface area contributed by atoms with Crippen molar-refractivity contribution in [2.24, 2.45) is 0 Å². The number of fused-ring (bicyclic) bond motifs is 1. The Morgan fingerprint density at radius 1 is 1.24 bits per heavy atom. The van der Waals surface area contributed by atoms with Crippen LogP contribution in [0.4, 0.5) is 13.9 Å². The van der Waals surface area contributed by atoms with Gasteiger partial charge in [0.1, 0.15) is 0 Å². The highest BCUT2D eigenvalue weighted by atomic mass is 32.1. The number of benzene rings is 1. The Morgan fingerprint density at radius 3 is 2.67 bits per heavy atom. The third kappa shape index (κ3) is 2.89. The second kappa shape index (κ2) is 5.57. The van der Waals surface area contributed by atoms with Gasteiger partial charge in [0.15, 0.2) is 0 Å². The molecule has 0 spiro atoms. The Bertz CT molecular complexity index is 813. The molecule has 2 aromatic heterocycles. The first-order chi connectivity index (χ1) is 10.1. The number of nitrogens with one attached hydrogen (secondary N) is 1. The molecule has 1 N–H and O–H groups in total. The standard InChI is InChI=1S/C13H10F2N4OS/c14-11(15)9-3-1-8(2-4-9)7-17-12-18-19-10(20)5-6-16-13(19)21-12/h1-6,11H,7H2,(H,17,18). The zero-order chi connectivity index (χ0) is 14.8. The summed E-state index contributed by atoms with van der Waals surface area (Å²) in [5.74, 6) is 0. The van der Waals surface area contributed by atoms with Gasteiger partial charge < -0.3 is 5.32 Å². The Hall–Kier alpha value is -2.35. The van der Waals surface area contributed by atoms with Gasteiger partial charge in [0, 0.05) is 24.4 Å². The van der Waals surface area contributed by atoms with Crippen LogP contribution in [0.5, 0.6) is 0 Å². The minimum Gasteiger partial charge on any atom is -0.356 e. The Labute approximate surface area is 121 Å². The lowest BCUT2D eigenvalue weighted by Gasteiger charge is -2.04. The van der Waals surface area contributed by atoms with Crippen LogP contribution in [0.25, 0.3) is 4.96 Å². The van der Waals surface area contributed by atoms with E-state index in [0.29, 0.717) is 16.6 Å². The summed E-state index contributed by atoms with van der Waals surface area (Å²) >= 11 is 1.25. The normalized spacial score (nSPS) is 11.2. The maximum atomic E-state index is 12.4. The molecule has 108 valence electrons. The lowest BCUT2D eigenvalue weighted by molar-refractivity contribution is 0.151. The van der Waals surface area contributed by atoms with E-state index in [0.717, 1.165) is 5.56 Å². The first kappa shape index (κ1) is 13.6. The smallest absolute Gasteiger partial charge is 0.275 e. The Balaban J connectivity index is 1.74. The molecule has 0 saturated carbocycles. The van der Waals surface area contributed by atoms with Crippen LogP contribution in [0.3, 0.4) is 0 Å². The van der Waals surface area contributed by atoms with Gasteiger partial charge in [0.05, 0.1) is 0 Å². The van der Waals surface area contributed by atoms with Gasteiger partial charge in [-0.2, -0.15) is 4.52 Å². The van der Waals surface area contributed by atoms with Crippen LogP contribution in [-0.2, 0) is 6.54 Å². The molecule has 0 aliphatic carbocycles. The average molecular weight is 308 g/mol. The fourth-order valence-electron chi connectivity index (χ4n) is 1.77. The minimum atomic E-state index is -2.46. The van der Waals surface area contributed by atoms with Crippen molar-refractivity contribution in [2.75, 3.05) is 5.32 Å². The fraction of sp³-hybridized carbons (Fsp3) is 0.154. The largest absolute Gasteiger partial charge is 0.356 e. The topological polar surface area (TPSA) is 59.3 Å². The van der Waals surface area contributed by atoms with Crippen LogP contribution >= 0.6 is 11.3 Å². The third-order valence-electron chi connectivity index (χ3n) is 2.85. The van der Waals surface area contributed by atoms with E-state index in [1.807, 2.05) is 0 Å². The third-order valence-corrected chi connectivity index (χ3v) is 3.73. The highest BCUT2D eigenvalue weighted by Crippen LogP contribution is 2.20. The van der Waals surface area contributed by atoms with Crippen LogP contribution in [-0.4, -0.2) is 14.6 Å². The predicted molar refractivity (Wildman–Crippen MR) is 75.9 cm³/mol. The van der Waals surface area contributed by atoms with Gasteiger partial charge in [-0.3, -0.25) is 4.79 Å². The number of hydrogen-bond donors (Lipinski definition) is 1. The van der Waals surface area contributed by atoms with Gasteiger partial charge in [0.25, 0.3) is 12.0 Å². The SMILES string of the molecule is O=c1ccnc2sc(NCc3ccc(C(F)F)cc3)nn12. The van der Waals surface area contributed by atoms with Crippen molar-refractivity contribution in [3.63, 3.8) is 0 Å². The van der Waals surface area contributed by atoms with E-state index in [9.17, 15) is 13.6 Å². The molecule has 0 atom stereocenters. The summed E-state index contributed by atoms with van der Waals surface area (Å²) in [4.78, 5) is 16.1. The zero-order valence-corrected chi connectivity index (χ0v) is 11.5. The van der Waals surface area contributed by atoms with Gasteiger partial charge >= 0.3 is 0 Å². The summed E-state index contributed by atoms with van der Waals surface area (Å²) < 4.78 is 26.1. The lowest BCUT2D eigenvalue weighted by Crippen LogP contribution is -2.12. The van der Waals surface area contributed by atoms with Crippen molar-refractivity contribution in [3.8, 4) is 0 Å². The van der Waals surface area contributed by atoms with E-state index < -0.39 is 6.43 Å². The highest BCUT2D eigenvalue weighted by molar-refractivity contribution is 7.20. The van der Waals surface area contributed by atoms with Gasteiger partial charge in [-0.25, -0.2) is 13.8 Å². The highest BCUT2D eigenvalue weighted by Gasteiger charge is 2.07. The summed E-state index contributed by atoms with van der Waals surface area (Å²) in [5, 5.41) is 7.69. The van der Waals surface area contributed by atoms with Crippen LogP contribution < -0.4 is 10.9 Å². The maximum Gasteiger partial charge on any atom is 0.275 e. The quantitative estimate of drug-likeness (QED) is 0.805. The Kier molecular flexibility index (Phi) is 3.61. The number of nitrogens with zero attached hydrogens (tertiary/aromatic N) is 3. The summed E-state index contributed by atoms with van der Waals surface area (Å²) in [7, 11) is 0. The summed E-state index contributed by atoms with van der Waals surface area (Å²) in [6, 6.07) is 7.39. The molecule has 8 heteroatoms. The molecule has 3 aromatic rings. The maximum absolute atomic E-state index is 12.4. The number of hydrogen-bond acceptors (Lipinski definition) is 5. The lowest BCUT2D eigenvalue weighted by atomic mass is 10.1. The van der Waals surface area contributed by atoms with E-state index in [2.05, 4.69) is 15.4 Å². The molecular weight excluding hydrogens is 298 g/mol. The number of anilines is 1. The van der Waals surface area contributed by atoms with Crippen LogP contribution in [0, 0.1) is 0 Å². The van der Waals surface area contributed by atoms with E-state index in [-0.39, 0.29) is 11.1 Å². The van der Waals surface area contributed by atoms with Crippen LogP contribution in [0.2, 0.25) is 0 Å². The molecule has 0 fully saturated rings. The van der Waals surface area contributed by atoms with Crippen molar-refractivity contribution in [1.29, 1.82) is 0 Å². The fourth-order valence-corrected chi connectivity index (χ4v) is 2.54. The van der Waals surface area contributed by atoms with Crippen molar-refractivity contribution >= 4 is 21.4 Å². The number of aromatic nitrogens is 3. The van der Waals surface area contributed by atoms with Crippen LogP contribution in [0.15, 0.2) is 41.3 Å². The van der Waals surface area contributed by atoms with E-state index in [1.54, 1.807) is 12.1 Å². The minimum absolute atomic E-state index is 0.00510. The molecule has 21 heavy (non-hydrogen) atoms. The molecule has 3 rings (SSSR count). The Morgan fingerprint density at radius 2 is 2.00 bits per heavy atom. The molecule has 0 amide bonds. The molecule has 5 nitrogen and oxygen atoms in total. The molecular formula is C13H10F2N4OS. The monoisotopic (exact) mass is 308 g/mol. The summed E-state index contributed by atoms with van der Waals surface area (Å²) in [5.41, 5.74) is 0.596. The second-order valence-electron chi connectivity index (χ2n) is 4.28. The molecule has 0 unspecified atom stereocenters. The van der Waals surface area contributed by atoms with Crippen LogP contribution in [0.1, 0.15) is 17.6 Å². The second-order valence-corrected chi connectivity index (χ2v) is 5.24. The van der Waals surface area contributed by atoms with Gasteiger partial charge in [-0.15, -0.1) is 5.10 Å². The van der Waals surface area contributed by atoms with Crippen molar-refractivity contribution in [1.82, 2.24) is 14.6 Å². The number of rotatable bonds is 4. The van der Waals surface area contributed by atoms with E-state index >= 15 is 0 Å². The number of halogens is 2. The molecule has 0 aliphatic rings. The van der Waals surface area contributed by atoms with Crippen molar-refractivity contribution < 1.29 is 8.78 Å². The molecule has 0 saturated heterocycles. The first-order valence-corrected chi connectivity index (χ1v) is 6.91. The van der Waals surface area contributed by atoms with Gasteiger partial charge in [0.2, 0.25) is 10.1 Å². The number of alkyl halides is 2. The molecule has 0 radical (unpaired) electrons. The summed E-state index contributed by atoms with van der Waals surface area (Å²) in [6.45, 7) is 0.429. The van der Waals surface area contributed by atoms with Crippen molar-refractivity contribution in [2.45, 2.75) is 13.0 Å². The molecule has 1 aromatic carbocycles. The molecule has 2 heterocycles. The predicted octanol–water partition coefficient (Wildman–Crippen LogP) is 2.70. The molecule has 0 bridgehead atoms. The average Bonchev–Trinajstić information content (AvgIpc) is 2.90. The van der Waals surface area contributed by atoms with Gasteiger partial charge in [-0.05, 0) is 5.56 Å². The molecule has 0 aliphatic heterocycles. The van der Waals surface area contributed by atoms with Crippen molar-refractivity contribution in [3.05, 3.63) is 58.0 Å². The van der Waals surface area contributed by atoms with Gasteiger partial charge in [-0.1, -0.05) is 35.6 Å². The summed E-state index contributed by atoms with van der Waals surface area (Å²) in [6.07, 6.45) is -1.03. The first-order valence-electron chi connectivity index (χ1n) is 6.09. The van der Waals surface area contributed by atoms with E-state index in [1.165, 1.54) is 40.2 Å². The van der Waals surface area contributed by atoms with E-state index in [4.69, 9.17) is 0 Å².